The zero-order chi connectivity index (χ0) is 15.4. The molecule has 1 fully saturated rings. The molecule has 1 aromatic heterocycles. The SMILES string of the molecule is CO[C@@H]1COC[C@@H](N(C)C(=O)CCc2ccc(C)o2)[C@@H]1O. The van der Waals surface area contributed by atoms with Gasteiger partial charge >= 0.3 is 0 Å². The minimum absolute atomic E-state index is 0.0477. The molecule has 1 aromatic rings. The van der Waals surface area contributed by atoms with Gasteiger partial charge in [0.25, 0.3) is 0 Å². The van der Waals surface area contributed by atoms with Gasteiger partial charge in [0.15, 0.2) is 0 Å². The number of likely N-dealkylation sites (N-methyl/N-ethyl adjacent to an activating group) is 1. The number of aryl methyl sites for hydroxylation is 2. The molecule has 0 aliphatic carbocycles. The Morgan fingerprint density at radius 3 is 2.86 bits per heavy atom. The molecule has 1 N–H and O–H groups in total. The highest BCUT2D eigenvalue weighted by atomic mass is 16.5. The summed E-state index contributed by atoms with van der Waals surface area (Å²) < 4.78 is 16.0. The van der Waals surface area contributed by atoms with Gasteiger partial charge in [-0.25, -0.2) is 0 Å². The van der Waals surface area contributed by atoms with E-state index in [0.29, 0.717) is 26.1 Å². The highest BCUT2D eigenvalue weighted by Crippen LogP contribution is 2.17. The van der Waals surface area contributed by atoms with Crippen LogP contribution < -0.4 is 0 Å². The highest BCUT2D eigenvalue weighted by Gasteiger charge is 2.36. The van der Waals surface area contributed by atoms with Gasteiger partial charge in [0.1, 0.15) is 23.7 Å². The third-order valence-electron chi connectivity index (χ3n) is 3.92. The van der Waals surface area contributed by atoms with Crippen molar-refractivity contribution >= 4 is 5.91 Å². The van der Waals surface area contributed by atoms with E-state index in [-0.39, 0.29) is 11.9 Å². The van der Waals surface area contributed by atoms with Crippen molar-refractivity contribution in [3.63, 3.8) is 0 Å². The van der Waals surface area contributed by atoms with E-state index >= 15 is 0 Å². The van der Waals surface area contributed by atoms with E-state index in [2.05, 4.69) is 0 Å². The molecule has 3 atom stereocenters. The predicted octanol–water partition coefficient (Wildman–Crippen LogP) is 0.754. The van der Waals surface area contributed by atoms with Gasteiger partial charge < -0.3 is 23.9 Å². The van der Waals surface area contributed by atoms with Crippen LogP contribution in [-0.4, -0.2) is 61.5 Å². The van der Waals surface area contributed by atoms with Crippen molar-refractivity contribution in [2.24, 2.45) is 0 Å². The van der Waals surface area contributed by atoms with Crippen LogP contribution in [-0.2, 0) is 20.7 Å². The molecule has 1 aliphatic rings. The van der Waals surface area contributed by atoms with Crippen LogP contribution in [0.1, 0.15) is 17.9 Å². The number of aliphatic hydroxyl groups excluding tert-OH is 1. The second-order valence-corrected chi connectivity index (χ2v) is 5.39. The number of aliphatic hydroxyl groups is 1. The Balaban J connectivity index is 1.89. The first-order valence-electron chi connectivity index (χ1n) is 7.12. The molecule has 0 spiro atoms. The maximum Gasteiger partial charge on any atom is 0.223 e. The monoisotopic (exact) mass is 297 g/mol. The van der Waals surface area contributed by atoms with Gasteiger partial charge in [-0.3, -0.25) is 4.79 Å². The number of rotatable bonds is 5. The topological polar surface area (TPSA) is 72.1 Å². The number of ether oxygens (including phenoxy) is 2. The Hall–Kier alpha value is -1.37. The Labute approximate surface area is 124 Å². The lowest BCUT2D eigenvalue weighted by Gasteiger charge is -2.38. The maximum atomic E-state index is 12.2. The van der Waals surface area contributed by atoms with Crippen LogP contribution in [0.5, 0.6) is 0 Å². The zero-order valence-corrected chi connectivity index (χ0v) is 12.7. The molecule has 0 radical (unpaired) electrons. The Morgan fingerprint density at radius 1 is 1.48 bits per heavy atom. The summed E-state index contributed by atoms with van der Waals surface area (Å²) in [5, 5.41) is 10.2. The Kier molecular flexibility index (Phi) is 5.39. The summed E-state index contributed by atoms with van der Waals surface area (Å²) in [6, 6.07) is 3.38. The number of carbonyl (C=O) groups excluding carboxylic acids is 1. The van der Waals surface area contributed by atoms with Crippen LogP contribution in [0.15, 0.2) is 16.5 Å². The summed E-state index contributed by atoms with van der Waals surface area (Å²) in [6.07, 6.45) is -0.242. The van der Waals surface area contributed by atoms with Crippen LogP contribution >= 0.6 is 0 Å². The molecule has 2 rings (SSSR count). The maximum absolute atomic E-state index is 12.2. The van der Waals surface area contributed by atoms with Crippen molar-refractivity contribution in [2.45, 2.75) is 38.0 Å². The number of methoxy groups -OCH3 is 1. The Morgan fingerprint density at radius 2 is 2.24 bits per heavy atom. The smallest absolute Gasteiger partial charge is 0.223 e. The molecule has 1 saturated heterocycles. The molecule has 0 bridgehead atoms. The van der Waals surface area contributed by atoms with E-state index in [9.17, 15) is 9.90 Å². The van der Waals surface area contributed by atoms with Crippen molar-refractivity contribution in [3.8, 4) is 0 Å². The summed E-state index contributed by atoms with van der Waals surface area (Å²) in [5.41, 5.74) is 0. The quantitative estimate of drug-likeness (QED) is 0.868. The zero-order valence-electron chi connectivity index (χ0n) is 12.7. The first-order chi connectivity index (χ1) is 10.0. The van der Waals surface area contributed by atoms with E-state index in [0.717, 1.165) is 11.5 Å². The van der Waals surface area contributed by atoms with Crippen LogP contribution in [0.4, 0.5) is 0 Å². The van der Waals surface area contributed by atoms with Gasteiger partial charge in [-0.15, -0.1) is 0 Å². The molecule has 118 valence electrons. The lowest BCUT2D eigenvalue weighted by Crippen LogP contribution is -2.56. The first kappa shape index (κ1) is 16.0. The lowest BCUT2D eigenvalue weighted by molar-refractivity contribution is -0.158. The fourth-order valence-corrected chi connectivity index (χ4v) is 2.51. The average Bonchev–Trinajstić information content (AvgIpc) is 2.90. The molecule has 2 heterocycles. The fraction of sp³-hybridized carbons (Fsp3) is 0.667. The van der Waals surface area contributed by atoms with Crippen LogP contribution in [0, 0.1) is 6.92 Å². The molecule has 1 amide bonds. The highest BCUT2D eigenvalue weighted by molar-refractivity contribution is 5.76. The average molecular weight is 297 g/mol. The summed E-state index contributed by atoms with van der Waals surface area (Å²) in [6.45, 7) is 2.54. The molecule has 6 nitrogen and oxygen atoms in total. The molecule has 6 heteroatoms. The van der Waals surface area contributed by atoms with Crippen molar-refractivity contribution < 1.29 is 23.8 Å². The summed E-state index contributed by atoms with van der Waals surface area (Å²) in [4.78, 5) is 13.8. The largest absolute Gasteiger partial charge is 0.466 e. The Bertz CT molecular complexity index is 472. The molecule has 21 heavy (non-hydrogen) atoms. The first-order valence-corrected chi connectivity index (χ1v) is 7.12. The minimum Gasteiger partial charge on any atom is -0.466 e. The van der Waals surface area contributed by atoms with Crippen molar-refractivity contribution in [2.75, 3.05) is 27.4 Å². The van der Waals surface area contributed by atoms with Crippen molar-refractivity contribution in [1.29, 1.82) is 0 Å². The molecule has 0 unspecified atom stereocenters. The van der Waals surface area contributed by atoms with Gasteiger partial charge in [0, 0.05) is 27.0 Å². The van der Waals surface area contributed by atoms with E-state index in [1.807, 2.05) is 19.1 Å². The lowest BCUT2D eigenvalue weighted by atomic mass is 10.0. The third kappa shape index (κ3) is 3.84. The number of nitrogens with zero attached hydrogens (tertiary/aromatic N) is 1. The minimum atomic E-state index is -0.733. The van der Waals surface area contributed by atoms with E-state index in [1.54, 1.807) is 11.9 Å². The van der Waals surface area contributed by atoms with Crippen LogP contribution in [0.25, 0.3) is 0 Å². The van der Waals surface area contributed by atoms with Gasteiger partial charge in [0.05, 0.1) is 19.3 Å². The molecule has 1 aliphatic heterocycles. The molecule has 0 aromatic carbocycles. The standard InChI is InChI=1S/C15H23NO5/c1-10-4-5-11(21-10)6-7-14(17)16(2)12-8-20-9-13(19-3)15(12)18/h4-5,12-13,15,18H,6-9H2,1-3H3/t12-,13-,15+/m1/s1. The van der Waals surface area contributed by atoms with Crippen molar-refractivity contribution in [1.82, 2.24) is 4.90 Å². The number of amides is 1. The van der Waals surface area contributed by atoms with Gasteiger partial charge in [-0.1, -0.05) is 0 Å². The fourth-order valence-electron chi connectivity index (χ4n) is 2.51. The van der Waals surface area contributed by atoms with E-state index < -0.39 is 12.2 Å². The van der Waals surface area contributed by atoms with Crippen LogP contribution in [0.3, 0.4) is 0 Å². The summed E-state index contributed by atoms with van der Waals surface area (Å²) in [5.74, 6) is 1.59. The van der Waals surface area contributed by atoms with Gasteiger partial charge in [-0.2, -0.15) is 0 Å². The molecule has 0 saturated carbocycles. The molecular formula is C15H23NO5. The third-order valence-corrected chi connectivity index (χ3v) is 3.92. The second-order valence-electron chi connectivity index (χ2n) is 5.39. The van der Waals surface area contributed by atoms with E-state index in [1.165, 1.54) is 7.11 Å². The summed E-state index contributed by atoms with van der Waals surface area (Å²) >= 11 is 0. The second kappa shape index (κ2) is 7.06. The number of hydrogen-bond donors (Lipinski definition) is 1. The molecular weight excluding hydrogens is 274 g/mol. The normalized spacial score (nSPS) is 25.8. The van der Waals surface area contributed by atoms with Gasteiger partial charge in [-0.05, 0) is 19.1 Å². The number of furan rings is 1. The number of carbonyl (C=O) groups is 1. The predicted molar refractivity (Wildman–Crippen MR) is 75.9 cm³/mol. The number of hydrogen-bond acceptors (Lipinski definition) is 5. The van der Waals surface area contributed by atoms with Crippen LogP contribution in [0.2, 0.25) is 0 Å². The van der Waals surface area contributed by atoms with Crippen molar-refractivity contribution in [3.05, 3.63) is 23.7 Å². The summed E-state index contributed by atoms with van der Waals surface area (Å²) in [7, 11) is 3.21. The van der Waals surface area contributed by atoms with Gasteiger partial charge in [0.2, 0.25) is 5.91 Å². The van der Waals surface area contributed by atoms with E-state index in [4.69, 9.17) is 13.9 Å².